The summed E-state index contributed by atoms with van der Waals surface area (Å²) < 4.78 is 11.6. The predicted octanol–water partition coefficient (Wildman–Crippen LogP) is 3.39. The molecule has 1 aliphatic carbocycles. The van der Waals surface area contributed by atoms with Gasteiger partial charge in [0, 0.05) is 37.3 Å². The molecule has 4 rings (SSSR count). The average molecular weight is 316 g/mol. The average Bonchev–Trinajstić information content (AvgIpc) is 2.78. The fourth-order valence-corrected chi connectivity index (χ4v) is 4.05. The maximum absolute atomic E-state index is 12.4. The van der Waals surface area contributed by atoms with Crippen LogP contribution in [-0.2, 0) is 4.74 Å². The zero-order chi connectivity index (χ0) is 15.6. The highest BCUT2D eigenvalue weighted by atomic mass is 16.6. The van der Waals surface area contributed by atoms with E-state index in [1.165, 1.54) is 19.3 Å². The summed E-state index contributed by atoms with van der Waals surface area (Å²) in [6, 6.07) is 4.33. The van der Waals surface area contributed by atoms with Crippen LogP contribution in [0.2, 0.25) is 0 Å². The molecule has 5 heteroatoms. The van der Waals surface area contributed by atoms with Crippen molar-refractivity contribution in [3.63, 3.8) is 0 Å². The molecule has 0 spiro atoms. The van der Waals surface area contributed by atoms with Gasteiger partial charge in [-0.25, -0.2) is 4.79 Å². The second kappa shape index (κ2) is 6.38. The molecule has 3 heterocycles. The van der Waals surface area contributed by atoms with Crippen LogP contribution >= 0.6 is 0 Å². The van der Waals surface area contributed by atoms with Crippen molar-refractivity contribution in [3.05, 3.63) is 24.5 Å². The Hall–Kier alpha value is -1.78. The third kappa shape index (κ3) is 3.14. The summed E-state index contributed by atoms with van der Waals surface area (Å²) >= 11 is 0. The van der Waals surface area contributed by atoms with E-state index in [4.69, 9.17) is 9.47 Å². The topological polar surface area (TPSA) is 51.7 Å². The lowest BCUT2D eigenvalue weighted by atomic mass is 9.86. The Morgan fingerprint density at radius 1 is 1.13 bits per heavy atom. The lowest BCUT2D eigenvalue weighted by Gasteiger charge is -2.38. The van der Waals surface area contributed by atoms with Gasteiger partial charge >= 0.3 is 6.09 Å². The van der Waals surface area contributed by atoms with Crippen molar-refractivity contribution in [3.8, 4) is 5.75 Å². The smallest absolute Gasteiger partial charge is 0.410 e. The van der Waals surface area contributed by atoms with Gasteiger partial charge in [0.1, 0.15) is 11.9 Å². The van der Waals surface area contributed by atoms with Crippen LogP contribution in [0, 0.1) is 5.92 Å². The van der Waals surface area contributed by atoms with E-state index in [9.17, 15) is 4.79 Å². The van der Waals surface area contributed by atoms with E-state index in [1.54, 1.807) is 12.4 Å². The quantitative estimate of drug-likeness (QED) is 0.854. The van der Waals surface area contributed by atoms with E-state index in [2.05, 4.69) is 4.98 Å². The number of rotatable bonds is 4. The first-order valence-electron chi connectivity index (χ1n) is 8.81. The summed E-state index contributed by atoms with van der Waals surface area (Å²) in [6.07, 6.45) is 11.2. The molecule has 124 valence electrons. The molecule has 5 nitrogen and oxygen atoms in total. The van der Waals surface area contributed by atoms with Crippen LogP contribution < -0.4 is 4.74 Å². The first kappa shape index (κ1) is 14.8. The minimum absolute atomic E-state index is 0.105. The van der Waals surface area contributed by atoms with Crippen molar-refractivity contribution in [1.82, 2.24) is 9.88 Å². The molecule has 2 saturated heterocycles. The van der Waals surface area contributed by atoms with Crippen molar-refractivity contribution in [2.75, 3.05) is 6.61 Å². The summed E-state index contributed by atoms with van der Waals surface area (Å²) in [6.45, 7) is 0.603. The van der Waals surface area contributed by atoms with E-state index < -0.39 is 0 Å². The number of carbonyl (C=O) groups excluding carboxylic acids is 1. The molecule has 2 atom stereocenters. The van der Waals surface area contributed by atoms with Gasteiger partial charge in [-0.3, -0.25) is 4.98 Å². The second-order valence-electron chi connectivity index (χ2n) is 7.06. The lowest BCUT2D eigenvalue weighted by Crippen LogP contribution is -2.49. The summed E-state index contributed by atoms with van der Waals surface area (Å²) in [7, 11) is 0. The third-order valence-electron chi connectivity index (χ3n) is 5.52. The molecule has 1 amide bonds. The van der Waals surface area contributed by atoms with Gasteiger partial charge in [0.2, 0.25) is 0 Å². The highest BCUT2D eigenvalue weighted by molar-refractivity contribution is 5.69. The SMILES string of the molecule is O=C(OCC1CCC1)N1C2CCC1CC(Oc1ccncc1)C2. The van der Waals surface area contributed by atoms with E-state index in [-0.39, 0.29) is 24.3 Å². The zero-order valence-corrected chi connectivity index (χ0v) is 13.4. The van der Waals surface area contributed by atoms with Crippen LogP contribution in [0.1, 0.15) is 44.9 Å². The van der Waals surface area contributed by atoms with Crippen LogP contribution in [0.15, 0.2) is 24.5 Å². The summed E-state index contributed by atoms with van der Waals surface area (Å²) in [5.74, 6) is 1.47. The normalized spacial score (nSPS) is 29.9. The molecule has 23 heavy (non-hydrogen) atoms. The van der Waals surface area contributed by atoms with Crippen molar-refractivity contribution in [1.29, 1.82) is 0 Å². The van der Waals surface area contributed by atoms with Crippen molar-refractivity contribution in [2.45, 2.75) is 63.1 Å². The number of fused-ring (bicyclic) bond motifs is 2. The fraction of sp³-hybridized carbons (Fsp3) is 0.667. The standard InChI is InChI=1S/C18H24N2O3/c21-18(22-12-13-2-1-3-13)20-14-4-5-15(20)11-17(10-14)23-16-6-8-19-9-7-16/h6-9,13-15,17H,1-5,10-12H2. The summed E-state index contributed by atoms with van der Waals surface area (Å²) in [5.41, 5.74) is 0. The van der Waals surface area contributed by atoms with Crippen LogP contribution in [0.25, 0.3) is 0 Å². The van der Waals surface area contributed by atoms with Gasteiger partial charge in [0.25, 0.3) is 0 Å². The van der Waals surface area contributed by atoms with Gasteiger partial charge < -0.3 is 14.4 Å². The second-order valence-corrected chi connectivity index (χ2v) is 7.06. The number of nitrogens with zero attached hydrogens (tertiary/aromatic N) is 2. The fourth-order valence-electron chi connectivity index (χ4n) is 4.05. The highest BCUT2D eigenvalue weighted by Crippen LogP contribution is 2.38. The molecule has 2 unspecified atom stereocenters. The third-order valence-corrected chi connectivity index (χ3v) is 5.52. The number of carbonyl (C=O) groups is 1. The van der Waals surface area contributed by atoms with E-state index in [0.717, 1.165) is 31.4 Å². The van der Waals surface area contributed by atoms with Crippen LogP contribution in [0.4, 0.5) is 4.79 Å². The molecular weight excluding hydrogens is 292 g/mol. The summed E-state index contributed by atoms with van der Waals surface area (Å²) in [4.78, 5) is 18.4. The van der Waals surface area contributed by atoms with Gasteiger partial charge in [-0.15, -0.1) is 0 Å². The van der Waals surface area contributed by atoms with Crippen molar-refractivity contribution < 1.29 is 14.3 Å². The van der Waals surface area contributed by atoms with Gasteiger partial charge in [-0.2, -0.15) is 0 Å². The molecule has 3 fully saturated rings. The molecular formula is C18H24N2O3. The van der Waals surface area contributed by atoms with Crippen LogP contribution in [-0.4, -0.2) is 40.8 Å². The Bertz CT molecular complexity index is 532. The maximum atomic E-state index is 12.4. The summed E-state index contributed by atoms with van der Waals surface area (Å²) in [5, 5.41) is 0. The number of ether oxygens (including phenoxy) is 2. The van der Waals surface area contributed by atoms with Crippen LogP contribution in [0.3, 0.4) is 0 Å². The van der Waals surface area contributed by atoms with E-state index in [1.807, 2.05) is 17.0 Å². The number of aromatic nitrogens is 1. The predicted molar refractivity (Wildman–Crippen MR) is 85.2 cm³/mol. The van der Waals surface area contributed by atoms with Gasteiger partial charge in [0.05, 0.1) is 6.61 Å². The number of piperidine rings is 1. The Kier molecular flexibility index (Phi) is 4.10. The lowest BCUT2D eigenvalue weighted by molar-refractivity contribution is 0.0220. The largest absolute Gasteiger partial charge is 0.490 e. The Morgan fingerprint density at radius 2 is 1.83 bits per heavy atom. The first-order valence-corrected chi connectivity index (χ1v) is 8.81. The molecule has 1 saturated carbocycles. The van der Waals surface area contributed by atoms with Gasteiger partial charge in [-0.05, 0) is 43.7 Å². The molecule has 2 aliphatic heterocycles. The number of hydrogen-bond acceptors (Lipinski definition) is 4. The maximum Gasteiger partial charge on any atom is 0.410 e. The van der Waals surface area contributed by atoms with Crippen molar-refractivity contribution in [2.24, 2.45) is 5.92 Å². The Balaban J connectivity index is 1.33. The van der Waals surface area contributed by atoms with Gasteiger partial charge in [0.15, 0.2) is 0 Å². The number of amides is 1. The monoisotopic (exact) mass is 316 g/mol. The Morgan fingerprint density at radius 3 is 2.43 bits per heavy atom. The molecule has 3 aliphatic rings. The van der Waals surface area contributed by atoms with Gasteiger partial charge in [-0.1, -0.05) is 6.42 Å². The minimum atomic E-state index is -0.105. The van der Waals surface area contributed by atoms with Crippen LogP contribution in [0.5, 0.6) is 5.75 Å². The molecule has 0 radical (unpaired) electrons. The number of pyridine rings is 1. The van der Waals surface area contributed by atoms with E-state index in [0.29, 0.717) is 12.5 Å². The Labute approximate surface area is 137 Å². The first-order chi connectivity index (χ1) is 11.3. The number of hydrogen-bond donors (Lipinski definition) is 0. The zero-order valence-electron chi connectivity index (χ0n) is 13.4. The molecule has 0 N–H and O–H groups in total. The highest BCUT2D eigenvalue weighted by Gasteiger charge is 2.45. The molecule has 1 aromatic heterocycles. The van der Waals surface area contributed by atoms with E-state index >= 15 is 0 Å². The molecule has 1 aromatic rings. The molecule has 0 aromatic carbocycles. The van der Waals surface area contributed by atoms with Crippen molar-refractivity contribution >= 4 is 6.09 Å². The molecule has 2 bridgehead atoms. The minimum Gasteiger partial charge on any atom is -0.490 e.